The monoisotopic (exact) mass is 300 g/mol. The zero-order valence-corrected chi connectivity index (χ0v) is 11.2. The van der Waals surface area contributed by atoms with Gasteiger partial charge in [-0.25, -0.2) is 4.39 Å². The fraction of sp³-hybridized carbons (Fsp3) is 0.273. The molecule has 0 saturated carbocycles. The third-order valence-electron chi connectivity index (χ3n) is 2.44. The van der Waals surface area contributed by atoms with Crippen LogP contribution in [0.3, 0.4) is 0 Å². The summed E-state index contributed by atoms with van der Waals surface area (Å²) in [5, 5.41) is 14.0. The normalized spacial score (nSPS) is 10.6. The summed E-state index contributed by atoms with van der Waals surface area (Å²) < 4.78 is 31.5. The number of hydrogen-bond acceptors (Lipinski definition) is 6. The maximum absolute atomic E-state index is 14.0. The van der Waals surface area contributed by atoms with Gasteiger partial charge in [0, 0.05) is 24.1 Å². The minimum Gasteiger partial charge on any atom is -0.360 e. The fourth-order valence-corrected chi connectivity index (χ4v) is 2.12. The van der Waals surface area contributed by atoms with Crippen molar-refractivity contribution in [2.24, 2.45) is 0 Å². The van der Waals surface area contributed by atoms with E-state index < -0.39 is 27.8 Å². The van der Waals surface area contributed by atoms with Crippen molar-refractivity contribution in [1.82, 2.24) is 9.36 Å². The zero-order valence-electron chi connectivity index (χ0n) is 10.4. The van der Waals surface area contributed by atoms with Crippen molar-refractivity contribution in [3.63, 3.8) is 0 Å². The van der Waals surface area contributed by atoms with Crippen LogP contribution in [-0.4, -0.2) is 20.8 Å². The highest BCUT2D eigenvalue weighted by Crippen LogP contribution is 2.31. The van der Waals surface area contributed by atoms with Crippen molar-refractivity contribution < 1.29 is 13.7 Å². The Morgan fingerprint density at radius 3 is 2.85 bits per heavy atom. The van der Waals surface area contributed by atoms with Gasteiger partial charge in [0.15, 0.2) is 5.82 Å². The van der Waals surface area contributed by atoms with Gasteiger partial charge in [0.25, 0.3) is 0 Å². The number of benzene rings is 1. The predicted octanol–water partition coefficient (Wildman–Crippen LogP) is 3.21. The van der Waals surface area contributed by atoms with Gasteiger partial charge in [-0.1, -0.05) is 6.92 Å². The second-order valence-electron chi connectivity index (χ2n) is 3.86. The highest BCUT2D eigenvalue weighted by molar-refractivity contribution is 7.09. The molecule has 0 aliphatic carbocycles. The second kappa shape index (κ2) is 5.87. The van der Waals surface area contributed by atoms with E-state index in [4.69, 9.17) is 0 Å². The Balaban J connectivity index is 2.44. The van der Waals surface area contributed by atoms with Gasteiger partial charge in [0.05, 0.1) is 10.5 Å². The van der Waals surface area contributed by atoms with Gasteiger partial charge in [0.1, 0.15) is 5.82 Å². The van der Waals surface area contributed by atoms with E-state index in [-0.39, 0.29) is 5.82 Å². The van der Waals surface area contributed by atoms with E-state index in [1.807, 2.05) is 6.92 Å². The Labute approximate surface area is 116 Å². The van der Waals surface area contributed by atoms with Gasteiger partial charge < -0.3 is 5.32 Å². The van der Waals surface area contributed by atoms with Crippen LogP contribution in [0.15, 0.2) is 12.1 Å². The molecular formula is C11H10F2N4O2S. The molecule has 0 aliphatic rings. The lowest BCUT2D eigenvalue weighted by Crippen LogP contribution is -2.00. The highest BCUT2D eigenvalue weighted by Gasteiger charge is 2.25. The molecule has 6 nitrogen and oxygen atoms in total. The molecule has 0 atom stereocenters. The van der Waals surface area contributed by atoms with E-state index in [9.17, 15) is 18.9 Å². The third kappa shape index (κ3) is 2.72. The SMILES string of the molecule is CCCNc1nc(-c2c(F)ccc([N+](=O)[O-])c2F)ns1. The lowest BCUT2D eigenvalue weighted by molar-refractivity contribution is -0.387. The van der Waals surface area contributed by atoms with Crippen LogP contribution in [0.2, 0.25) is 0 Å². The van der Waals surface area contributed by atoms with Crippen molar-refractivity contribution in [1.29, 1.82) is 0 Å². The number of rotatable bonds is 5. The van der Waals surface area contributed by atoms with Crippen molar-refractivity contribution in [2.75, 3.05) is 11.9 Å². The molecule has 2 rings (SSSR count). The Morgan fingerprint density at radius 1 is 1.45 bits per heavy atom. The van der Waals surface area contributed by atoms with E-state index in [2.05, 4.69) is 14.7 Å². The lowest BCUT2D eigenvalue weighted by Gasteiger charge is -2.01. The van der Waals surface area contributed by atoms with Crippen LogP contribution in [0.5, 0.6) is 0 Å². The number of nitrogens with zero attached hydrogens (tertiary/aromatic N) is 3. The Hall–Kier alpha value is -2.16. The molecule has 106 valence electrons. The predicted molar refractivity (Wildman–Crippen MR) is 70.7 cm³/mol. The Kier molecular flexibility index (Phi) is 4.18. The fourth-order valence-electron chi connectivity index (χ4n) is 1.52. The molecule has 0 amide bonds. The zero-order chi connectivity index (χ0) is 14.7. The summed E-state index contributed by atoms with van der Waals surface area (Å²) in [5.41, 5.74) is -1.39. The summed E-state index contributed by atoms with van der Waals surface area (Å²) in [6.07, 6.45) is 0.856. The molecule has 1 heterocycles. The van der Waals surface area contributed by atoms with Crippen LogP contribution < -0.4 is 5.32 Å². The maximum Gasteiger partial charge on any atom is 0.305 e. The minimum atomic E-state index is -1.27. The van der Waals surface area contributed by atoms with Crippen LogP contribution in [0, 0.1) is 21.7 Å². The first kappa shape index (κ1) is 14.3. The van der Waals surface area contributed by atoms with E-state index in [1.165, 1.54) is 0 Å². The van der Waals surface area contributed by atoms with E-state index >= 15 is 0 Å². The summed E-state index contributed by atoms with van der Waals surface area (Å²) in [5.74, 6) is -2.41. The molecule has 1 aromatic heterocycles. The minimum absolute atomic E-state index is 0.202. The largest absolute Gasteiger partial charge is 0.360 e. The first-order chi connectivity index (χ1) is 9.54. The van der Waals surface area contributed by atoms with Crippen molar-refractivity contribution in [3.8, 4) is 11.4 Å². The number of nitro benzene ring substituents is 1. The Morgan fingerprint density at radius 2 is 2.20 bits per heavy atom. The van der Waals surface area contributed by atoms with Crippen LogP contribution >= 0.6 is 11.5 Å². The molecule has 9 heteroatoms. The van der Waals surface area contributed by atoms with Gasteiger partial charge in [-0.3, -0.25) is 10.1 Å². The maximum atomic E-state index is 14.0. The standard InChI is InChI=1S/C11H10F2N4O2S/c1-2-5-14-11-15-10(16-20-11)8-6(12)3-4-7(9(8)13)17(18)19/h3-4H,2,5H2,1H3,(H,14,15,16). The summed E-state index contributed by atoms with van der Waals surface area (Å²) in [6.45, 7) is 2.60. The number of halogens is 2. The number of nitrogens with one attached hydrogen (secondary N) is 1. The number of hydrogen-bond donors (Lipinski definition) is 1. The van der Waals surface area contributed by atoms with Gasteiger partial charge in [0.2, 0.25) is 10.9 Å². The van der Waals surface area contributed by atoms with Gasteiger partial charge in [-0.15, -0.1) is 0 Å². The summed E-state index contributed by atoms with van der Waals surface area (Å²) in [4.78, 5) is 13.7. The van der Waals surface area contributed by atoms with Gasteiger partial charge in [-0.2, -0.15) is 13.7 Å². The van der Waals surface area contributed by atoms with Gasteiger partial charge >= 0.3 is 5.69 Å². The molecule has 0 spiro atoms. The van der Waals surface area contributed by atoms with Crippen molar-refractivity contribution >= 4 is 22.4 Å². The Bertz CT molecular complexity index is 647. The van der Waals surface area contributed by atoms with Crippen LogP contribution in [0.25, 0.3) is 11.4 Å². The third-order valence-corrected chi connectivity index (χ3v) is 3.12. The molecule has 0 unspecified atom stereocenters. The molecule has 0 radical (unpaired) electrons. The highest BCUT2D eigenvalue weighted by atomic mass is 32.1. The summed E-state index contributed by atoms with van der Waals surface area (Å²) >= 11 is 0.941. The van der Waals surface area contributed by atoms with Gasteiger partial charge in [-0.05, 0) is 12.5 Å². The molecule has 0 saturated heterocycles. The van der Waals surface area contributed by atoms with Crippen LogP contribution in [-0.2, 0) is 0 Å². The van der Waals surface area contributed by atoms with E-state index in [0.29, 0.717) is 11.7 Å². The molecule has 0 fully saturated rings. The molecule has 0 bridgehead atoms. The molecule has 2 aromatic rings. The average Bonchev–Trinajstić information content (AvgIpc) is 2.84. The molecule has 20 heavy (non-hydrogen) atoms. The first-order valence-electron chi connectivity index (χ1n) is 5.75. The molecule has 1 aromatic carbocycles. The van der Waals surface area contributed by atoms with E-state index in [1.54, 1.807) is 0 Å². The quantitative estimate of drug-likeness (QED) is 0.677. The smallest absolute Gasteiger partial charge is 0.305 e. The molecule has 0 aliphatic heterocycles. The van der Waals surface area contributed by atoms with Crippen molar-refractivity contribution in [2.45, 2.75) is 13.3 Å². The average molecular weight is 300 g/mol. The van der Waals surface area contributed by atoms with Crippen molar-refractivity contribution in [3.05, 3.63) is 33.9 Å². The summed E-state index contributed by atoms with van der Waals surface area (Å²) in [6, 6.07) is 1.60. The number of nitro groups is 1. The topological polar surface area (TPSA) is 81.0 Å². The van der Waals surface area contributed by atoms with E-state index in [0.717, 1.165) is 30.1 Å². The first-order valence-corrected chi connectivity index (χ1v) is 6.52. The summed E-state index contributed by atoms with van der Waals surface area (Å²) in [7, 11) is 0. The molecular weight excluding hydrogens is 290 g/mol. The molecule has 1 N–H and O–H groups in total. The second-order valence-corrected chi connectivity index (χ2v) is 4.61. The van der Waals surface area contributed by atoms with Crippen LogP contribution in [0.1, 0.15) is 13.3 Å². The lowest BCUT2D eigenvalue weighted by atomic mass is 10.1. The van der Waals surface area contributed by atoms with Crippen LogP contribution in [0.4, 0.5) is 19.6 Å². The number of anilines is 1. The number of aromatic nitrogens is 2.